The molecule has 0 radical (unpaired) electrons. The van der Waals surface area contributed by atoms with Crippen molar-refractivity contribution in [1.82, 2.24) is 4.90 Å². The van der Waals surface area contributed by atoms with Crippen LogP contribution in [0, 0.1) is 0 Å². The third-order valence-corrected chi connectivity index (χ3v) is 0. The minimum atomic E-state index is 0.611. The van der Waals surface area contributed by atoms with E-state index in [4.69, 9.17) is 3.80 Å². The van der Waals surface area contributed by atoms with Crippen molar-refractivity contribution in [3.8, 4) is 0 Å². The van der Waals surface area contributed by atoms with Gasteiger partial charge in [-0.1, -0.05) is 0 Å². The first-order valence-corrected chi connectivity index (χ1v) is 2.21. The monoisotopic (exact) mass is 103 g/mol. The zero-order chi connectivity index (χ0) is 5.58. The van der Waals surface area contributed by atoms with Gasteiger partial charge in [-0.05, 0) is 21.1 Å². The van der Waals surface area contributed by atoms with Crippen molar-refractivity contribution < 1.29 is 3.80 Å². The van der Waals surface area contributed by atoms with E-state index in [1.807, 2.05) is 26.0 Å². The van der Waals surface area contributed by atoms with Gasteiger partial charge < -0.3 is 4.90 Å². The van der Waals surface area contributed by atoms with E-state index in [1.165, 1.54) is 0 Å². The number of hydrogen-bond acceptors (Lipinski definition) is 2. The Hall–Kier alpha value is 0.292. The summed E-state index contributed by atoms with van der Waals surface area (Å²) < 4.78 is 8.28. The minimum absolute atomic E-state index is 0.611. The van der Waals surface area contributed by atoms with Crippen molar-refractivity contribution in [2.24, 2.45) is 0 Å². The third kappa shape index (κ3) is 544. The van der Waals surface area contributed by atoms with Gasteiger partial charge in [0.25, 0.3) is 0 Å². The molecule has 36 valence electrons. The molecule has 0 fully saturated rings. The molecule has 0 aromatic rings. The molecule has 0 heterocycles. The van der Waals surface area contributed by atoms with Crippen LogP contribution in [0.15, 0.2) is 0 Å². The zero-order valence-electron chi connectivity index (χ0n) is 4.56. The maximum atomic E-state index is 8.28. The van der Waals surface area contributed by atoms with Gasteiger partial charge in [0.15, 0.2) is 0 Å². The van der Waals surface area contributed by atoms with Crippen LogP contribution < -0.4 is 0 Å². The summed E-state index contributed by atoms with van der Waals surface area (Å²) >= 11 is 0.611. The molecule has 2 nitrogen and oxygen atoms in total. The van der Waals surface area contributed by atoms with Crippen molar-refractivity contribution in [2.75, 3.05) is 21.1 Å². The van der Waals surface area contributed by atoms with Gasteiger partial charge in [-0.3, -0.25) is 0 Å². The van der Waals surface area contributed by atoms with E-state index in [9.17, 15) is 0 Å². The first-order valence-electron chi connectivity index (χ1n) is 1.63. The van der Waals surface area contributed by atoms with Gasteiger partial charge in [0, 0.05) is 0 Å². The number of hydrogen-bond donors (Lipinski definition) is 0. The van der Waals surface area contributed by atoms with Crippen LogP contribution in [0.3, 0.4) is 0 Å². The zero-order valence-corrected chi connectivity index (χ0v) is 5.98. The Morgan fingerprint density at radius 2 is 1.17 bits per heavy atom. The topological polar surface area (TPSA) is 20.3 Å². The van der Waals surface area contributed by atoms with Crippen LogP contribution in [-0.2, 0) is 3.80 Å². The fraction of sp³-hybridized carbons (Fsp3) is 1.00. The van der Waals surface area contributed by atoms with Crippen molar-refractivity contribution in [3.05, 3.63) is 0 Å². The molecule has 0 aliphatic carbocycles. The first-order chi connectivity index (χ1) is 2.73. The SMILES string of the molecule is CN(C)C.[O]=[AlH]. The van der Waals surface area contributed by atoms with Crippen LogP contribution >= 0.6 is 0 Å². The summed E-state index contributed by atoms with van der Waals surface area (Å²) in [5.74, 6) is 0. The molecule has 0 amide bonds. The van der Waals surface area contributed by atoms with Gasteiger partial charge in [-0.25, -0.2) is 0 Å². The summed E-state index contributed by atoms with van der Waals surface area (Å²) in [4.78, 5) is 2.00. The van der Waals surface area contributed by atoms with Crippen LogP contribution in [0.4, 0.5) is 0 Å². The Labute approximate surface area is 46.8 Å². The molecule has 3 heteroatoms. The molecular weight excluding hydrogens is 93.0 g/mol. The summed E-state index contributed by atoms with van der Waals surface area (Å²) in [6.07, 6.45) is 0. The summed E-state index contributed by atoms with van der Waals surface area (Å²) in [7, 11) is 6.00. The van der Waals surface area contributed by atoms with Gasteiger partial charge in [0.1, 0.15) is 0 Å². The first kappa shape index (κ1) is 9.57. The summed E-state index contributed by atoms with van der Waals surface area (Å²) in [5, 5.41) is 0. The molecule has 0 saturated heterocycles. The van der Waals surface area contributed by atoms with E-state index in [2.05, 4.69) is 0 Å². The van der Waals surface area contributed by atoms with Crippen LogP contribution in [0.1, 0.15) is 0 Å². The average Bonchev–Trinajstić information content (AvgIpc) is 1.41. The standard InChI is InChI=1S/C3H9N.Al.O.H/c1-4(2)3;;;/h1-3H3;;;. The van der Waals surface area contributed by atoms with E-state index in [1.54, 1.807) is 0 Å². The molecule has 0 spiro atoms. The van der Waals surface area contributed by atoms with Crippen LogP contribution in [0.25, 0.3) is 0 Å². The van der Waals surface area contributed by atoms with Gasteiger partial charge in [0.2, 0.25) is 0 Å². The van der Waals surface area contributed by atoms with Crippen molar-refractivity contribution >= 4 is 16.2 Å². The van der Waals surface area contributed by atoms with Gasteiger partial charge in [0.05, 0.1) is 0 Å². The average molecular weight is 103 g/mol. The Bertz CT molecular complexity index is 22.0. The molecular formula is C3H10AlNO. The van der Waals surface area contributed by atoms with Gasteiger partial charge >= 0.3 is 20.0 Å². The van der Waals surface area contributed by atoms with E-state index < -0.39 is 0 Å². The Morgan fingerprint density at radius 1 is 1.17 bits per heavy atom. The fourth-order valence-corrected chi connectivity index (χ4v) is 0. The Kier molecular flexibility index (Phi) is 14.3. The third-order valence-electron chi connectivity index (χ3n) is 0. The van der Waals surface area contributed by atoms with Crippen molar-refractivity contribution in [2.45, 2.75) is 0 Å². The molecule has 6 heavy (non-hydrogen) atoms. The molecule has 0 rings (SSSR count). The van der Waals surface area contributed by atoms with Crippen LogP contribution in [-0.4, -0.2) is 42.3 Å². The van der Waals surface area contributed by atoms with E-state index in [0.29, 0.717) is 16.2 Å². The number of rotatable bonds is 0. The molecule has 0 N–H and O–H groups in total. The molecule has 0 aromatic heterocycles. The second kappa shape index (κ2) is 9.00. The van der Waals surface area contributed by atoms with E-state index in [0.717, 1.165) is 0 Å². The normalized spacial score (nSPS) is 6.50. The molecule has 0 unspecified atom stereocenters. The second-order valence-electron chi connectivity index (χ2n) is 1.34. The molecule has 0 aliphatic heterocycles. The quantitative estimate of drug-likeness (QED) is 0.382. The summed E-state index contributed by atoms with van der Waals surface area (Å²) in [5.41, 5.74) is 0. The Balaban J connectivity index is 0. The molecule has 0 aliphatic rings. The Morgan fingerprint density at radius 3 is 1.17 bits per heavy atom. The van der Waals surface area contributed by atoms with Crippen molar-refractivity contribution in [3.63, 3.8) is 0 Å². The fourth-order valence-electron chi connectivity index (χ4n) is 0. The molecule has 0 aromatic carbocycles. The molecule has 0 saturated carbocycles. The molecule has 0 bridgehead atoms. The van der Waals surface area contributed by atoms with Crippen LogP contribution in [0.5, 0.6) is 0 Å². The van der Waals surface area contributed by atoms with E-state index in [-0.39, 0.29) is 0 Å². The summed E-state index contributed by atoms with van der Waals surface area (Å²) in [6, 6.07) is 0. The predicted octanol–water partition coefficient (Wildman–Crippen LogP) is -0.590. The number of nitrogens with zero attached hydrogens (tertiary/aromatic N) is 1. The molecule has 0 atom stereocenters. The maximum absolute atomic E-state index is 8.28. The van der Waals surface area contributed by atoms with Crippen molar-refractivity contribution in [1.29, 1.82) is 0 Å². The van der Waals surface area contributed by atoms with E-state index >= 15 is 0 Å². The van der Waals surface area contributed by atoms with Gasteiger partial charge in [-0.2, -0.15) is 0 Å². The summed E-state index contributed by atoms with van der Waals surface area (Å²) in [6.45, 7) is 0. The second-order valence-corrected chi connectivity index (χ2v) is 1.34. The predicted molar refractivity (Wildman–Crippen MR) is 27.4 cm³/mol. The van der Waals surface area contributed by atoms with Crippen LogP contribution in [0.2, 0.25) is 0 Å². The van der Waals surface area contributed by atoms with Gasteiger partial charge in [-0.15, -0.1) is 0 Å².